The van der Waals surface area contributed by atoms with Crippen molar-refractivity contribution in [2.24, 2.45) is 0 Å². The number of nitrogens with one attached hydrogen (secondary N) is 4. The van der Waals surface area contributed by atoms with E-state index in [4.69, 9.17) is 0 Å². The van der Waals surface area contributed by atoms with Gasteiger partial charge in [-0.3, -0.25) is 4.79 Å². The number of rotatable bonds is 6. The van der Waals surface area contributed by atoms with E-state index in [1.807, 2.05) is 25.1 Å². The van der Waals surface area contributed by atoms with Crippen molar-refractivity contribution in [2.45, 2.75) is 24.9 Å². The molecule has 3 heterocycles. The number of aromatic nitrogens is 3. The van der Waals surface area contributed by atoms with E-state index < -0.39 is 6.04 Å². The minimum absolute atomic E-state index is 0.232. The van der Waals surface area contributed by atoms with Crippen LogP contribution in [0.15, 0.2) is 47.0 Å². The van der Waals surface area contributed by atoms with Gasteiger partial charge >= 0.3 is 6.03 Å². The Bertz CT molecular complexity index is 833. The van der Waals surface area contributed by atoms with Gasteiger partial charge in [-0.1, -0.05) is 6.07 Å². The van der Waals surface area contributed by atoms with Crippen molar-refractivity contribution in [3.63, 3.8) is 0 Å². The molecule has 0 saturated carbocycles. The first kappa shape index (κ1) is 18.0. The SMILES string of the molecule is CC1=C(C(=O)NCCSc2ccccn2)[C@@H](c2nc[nH]c2C)NC(=O)N1. The molecule has 0 fully saturated rings. The number of nitrogens with zero attached hydrogens (tertiary/aromatic N) is 2. The highest BCUT2D eigenvalue weighted by atomic mass is 32.2. The van der Waals surface area contributed by atoms with E-state index in [2.05, 4.69) is 30.9 Å². The zero-order valence-electron chi connectivity index (χ0n) is 14.5. The van der Waals surface area contributed by atoms with Gasteiger partial charge in [0.05, 0.1) is 22.6 Å². The zero-order valence-corrected chi connectivity index (χ0v) is 15.3. The van der Waals surface area contributed by atoms with Gasteiger partial charge in [0.1, 0.15) is 6.04 Å². The number of thioether (sulfide) groups is 1. The van der Waals surface area contributed by atoms with E-state index in [1.165, 1.54) is 0 Å². The first-order valence-corrected chi connectivity index (χ1v) is 9.15. The van der Waals surface area contributed by atoms with Gasteiger partial charge in [-0.2, -0.15) is 0 Å². The molecule has 9 heteroatoms. The first-order chi connectivity index (χ1) is 12.6. The predicted molar refractivity (Wildman–Crippen MR) is 98.4 cm³/mol. The summed E-state index contributed by atoms with van der Waals surface area (Å²) in [6.07, 6.45) is 3.29. The number of carbonyl (C=O) groups excluding carboxylic acids is 2. The molecule has 8 nitrogen and oxygen atoms in total. The number of allylic oxidation sites excluding steroid dienone is 1. The lowest BCUT2D eigenvalue weighted by Gasteiger charge is -2.27. The number of pyridine rings is 1. The standard InChI is InChI=1S/C17H20N6O2S/c1-10-13(15(23-17(25)22-10)14-11(2)20-9-21-14)16(24)19-7-8-26-12-5-3-4-6-18-12/h3-6,9,15H,7-8H2,1-2H3,(H,19,24)(H,20,21)(H2,22,23,25)/t15-/m0/s1. The van der Waals surface area contributed by atoms with E-state index in [9.17, 15) is 9.59 Å². The molecule has 4 N–H and O–H groups in total. The molecule has 0 aromatic carbocycles. The lowest BCUT2D eigenvalue weighted by Crippen LogP contribution is -2.47. The van der Waals surface area contributed by atoms with E-state index in [1.54, 1.807) is 31.2 Å². The molecule has 1 atom stereocenters. The number of hydrogen-bond donors (Lipinski definition) is 4. The van der Waals surface area contributed by atoms with Crippen LogP contribution < -0.4 is 16.0 Å². The molecule has 0 unspecified atom stereocenters. The predicted octanol–water partition coefficient (Wildman–Crippen LogP) is 1.65. The molecule has 26 heavy (non-hydrogen) atoms. The highest BCUT2D eigenvalue weighted by Gasteiger charge is 2.33. The van der Waals surface area contributed by atoms with Gasteiger partial charge in [0.25, 0.3) is 5.91 Å². The van der Waals surface area contributed by atoms with E-state index in [0.29, 0.717) is 29.3 Å². The van der Waals surface area contributed by atoms with Crippen LogP contribution in [-0.4, -0.2) is 39.2 Å². The maximum atomic E-state index is 12.7. The van der Waals surface area contributed by atoms with Gasteiger partial charge in [0, 0.05) is 29.9 Å². The Kier molecular flexibility index (Phi) is 5.57. The van der Waals surface area contributed by atoms with Crippen molar-refractivity contribution in [3.8, 4) is 0 Å². The number of urea groups is 1. The summed E-state index contributed by atoms with van der Waals surface area (Å²) in [4.78, 5) is 36.0. The lowest BCUT2D eigenvalue weighted by atomic mass is 9.98. The molecular weight excluding hydrogens is 352 g/mol. The molecule has 0 radical (unpaired) electrons. The number of carbonyl (C=O) groups is 2. The van der Waals surface area contributed by atoms with Crippen molar-refractivity contribution < 1.29 is 9.59 Å². The minimum atomic E-state index is -0.585. The Morgan fingerprint density at radius 1 is 1.31 bits per heavy atom. The Hall–Kier alpha value is -2.81. The fourth-order valence-corrected chi connectivity index (χ4v) is 3.43. The molecular formula is C17H20N6O2S. The summed E-state index contributed by atoms with van der Waals surface area (Å²) in [5, 5.41) is 9.24. The van der Waals surface area contributed by atoms with Crippen molar-refractivity contribution in [1.29, 1.82) is 0 Å². The quantitative estimate of drug-likeness (QED) is 0.455. The smallest absolute Gasteiger partial charge is 0.319 e. The van der Waals surface area contributed by atoms with Crippen LogP contribution in [0, 0.1) is 6.92 Å². The summed E-state index contributed by atoms with van der Waals surface area (Å²) in [5.41, 5.74) is 2.42. The Morgan fingerprint density at radius 2 is 2.15 bits per heavy atom. The molecule has 1 aliphatic rings. The van der Waals surface area contributed by atoms with Crippen molar-refractivity contribution in [3.05, 3.63) is 53.4 Å². The van der Waals surface area contributed by atoms with Crippen LogP contribution in [0.25, 0.3) is 0 Å². The molecule has 3 amide bonds. The second kappa shape index (κ2) is 8.05. The van der Waals surface area contributed by atoms with Crippen molar-refractivity contribution in [1.82, 2.24) is 30.9 Å². The van der Waals surface area contributed by atoms with Crippen LogP contribution in [0.1, 0.15) is 24.4 Å². The highest BCUT2D eigenvalue weighted by Crippen LogP contribution is 2.27. The topological polar surface area (TPSA) is 112 Å². The maximum absolute atomic E-state index is 12.7. The monoisotopic (exact) mass is 372 g/mol. The van der Waals surface area contributed by atoms with Gasteiger partial charge in [0.15, 0.2) is 0 Å². The highest BCUT2D eigenvalue weighted by molar-refractivity contribution is 7.99. The van der Waals surface area contributed by atoms with Crippen molar-refractivity contribution >= 4 is 23.7 Å². The fraction of sp³-hybridized carbons (Fsp3) is 0.294. The van der Waals surface area contributed by atoms with Gasteiger partial charge in [-0.25, -0.2) is 14.8 Å². The average Bonchev–Trinajstić information content (AvgIpc) is 3.04. The summed E-state index contributed by atoms with van der Waals surface area (Å²) in [6.45, 7) is 4.05. The van der Waals surface area contributed by atoms with Crippen LogP contribution in [0.4, 0.5) is 4.79 Å². The molecule has 0 saturated heterocycles. The summed E-state index contributed by atoms with van der Waals surface area (Å²) < 4.78 is 0. The Labute approximate surface area is 155 Å². The number of H-pyrrole nitrogens is 1. The van der Waals surface area contributed by atoms with Gasteiger partial charge in [-0.15, -0.1) is 11.8 Å². The second-order valence-electron chi connectivity index (χ2n) is 5.76. The number of aromatic amines is 1. The summed E-state index contributed by atoms with van der Waals surface area (Å²) >= 11 is 1.57. The van der Waals surface area contributed by atoms with Gasteiger partial charge < -0.3 is 20.9 Å². The molecule has 1 aliphatic heterocycles. The van der Waals surface area contributed by atoms with E-state index in [0.717, 1.165) is 10.7 Å². The van der Waals surface area contributed by atoms with E-state index in [-0.39, 0.29) is 11.9 Å². The molecule has 3 rings (SSSR count). The van der Waals surface area contributed by atoms with Gasteiger partial charge in [-0.05, 0) is 26.0 Å². The summed E-state index contributed by atoms with van der Waals surface area (Å²) in [7, 11) is 0. The van der Waals surface area contributed by atoms with Gasteiger partial charge in [0.2, 0.25) is 0 Å². The van der Waals surface area contributed by atoms with Crippen molar-refractivity contribution in [2.75, 3.05) is 12.3 Å². The van der Waals surface area contributed by atoms with Crippen LogP contribution in [0.5, 0.6) is 0 Å². The molecule has 136 valence electrons. The summed E-state index contributed by atoms with van der Waals surface area (Å²) in [5.74, 6) is 0.463. The van der Waals surface area contributed by atoms with E-state index >= 15 is 0 Å². The second-order valence-corrected chi connectivity index (χ2v) is 6.87. The zero-order chi connectivity index (χ0) is 18.5. The number of aryl methyl sites for hydroxylation is 1. The number of hydrogen-bond acceptors (Lipinski definition) is 5. The third kappa shape index (κ3) is 4.05. The third-order valence-corrected chi connectivity index (χ3v) is 4.88. The van der Waals surface area contributed by atoms with Crippen LogP contribution in [0.2, 0.25) is 0 Å². The molecule has 2 aromatic rings. The summed E-state index contributed by atoms with van der Waals surface area (Å²) in [6, 6.07) is 4.78. The number of imidazole rings is 1. The molecule has 0 bridgehead atoms. The Morgan fingerprint density at radius 3 is 2.85 bits per heavy atom. The average molecular weight is 372 g/mol. The Balaban J connectivity index is 1.66. The largest absolute Gasteiger partial charge is 0.351 e. The van der Waals surface area contributed by atoms with Crippen LogP contribution in [0.3, 0.4) is 0 Å². The normalized spacial score (nSPS) is 16.8. The molecule has 2 aromatic heterocycles. The van der Waals surface area contributed by atoms with Crippen LogP contribution in [-0.2, 0) is 4.79 Å². The number of amides is 3. The minimum Gasteiger partial charge on any atom is -0.351 e. The fourth-order valence-electron chi connectivity index (χ4n) is 2.71. The van der Waals surface area contributed by atoms with Crippen LogP contribution >= 0.6 is 11.8 Å². The first-order valence-electron chi connectivity index (χ1n) is 8.16. The molecule has 0 spiro atoms. The third-order valence-electron chi connectivity index (χ3n) is 3.93. The maximum Gasteiger partial charge on any atom is 0.319 e. The molecule has 0 aliphatic carbocycles. The lowest BCUT2D eigenvalue weighted by molar-refractivity contribution is -0.117.